The first-order valence-corrected chi connectivity index (χ1v) is 8.01. The van der Waals surface area contributed by atoms with Gasteiger partial charge in [0.05, 0.1) is 7.11 Å². The van der Waals surface area contributed by atoms with Crippen LogP contribution in [0.2, 0.25) is 0 Å². The topological polar surface area (TPSA) is 24.5 Å². The standard InChI is InChI=1S/C17H25FN2O/c1-3-14-11-20(16(9-19-14)13-5-6-13)10-12-4-7-17(21-2)15(18)8-12/h4,7-8,13-14,16,19H,3,5-6,9-11H2,1-2H3. The molecule has 1 heterocycles. The van der Waals surface area contributed by atoms with Gasteiger partial charge in [-0.05, 0) is 42.9 Å². The molecule has 1 aliphatic heterocycles. The van der Waals surface area contributed by atoms with Crippen LogP contribution in [-0.4, -0.2) is 37.2 Å². The van der Waals surface area contributed by atoms with Gasteiger partial charge in [-0.3, -0.25) is 4.90 Å². The van der Waals surface area contributed by atoms with Crippen molar-refractivity contribution in [2.24, 2.45) is 5.92 Å². The van der Waals surface area contributed by atoms with Gasteiger partial charge in [-0.15, -0.1) is 0 Å². The molecule has 0 bridgehead atoms. The molecule has 1 aromatic carbocycles. The minimum atomic E-state index is -0.264. The van der Waals surface area contributed by atoms with Gasteiger partial charge < -0.3 is 10.1 Å². The van der Waals surface area contributed by atoms with Crippen LogP contribution in [0.25, 0.3) is 0 Å². The molecule has 2 atom stereocenters. The maximum absolute atomic E-state index is 13.9. The number of methoxy groups -OCH3 is 1. The number of halogens is 1. The highest BCUT2D eigenvalue weighted by Crippen LogP contribution is 2.37. The molecule has 0 radical (unpaired) electrons. The van der Waals surface area contributed by atoms with Crippen molar-refractivity contribution in [1.29, 1.82) is 0 Å². The van der Waals surface area contributed by atoms with Crippen molar-refractivity contribution < 1.29 is 9.13 Å². The second-order valence-corrected chi connectivity index (χ2v) is 6.32. The zero-order valence-corrected chi connectivity index (χ0v) is 12.9. The summed E-state index contributed by atoms with van der Waals surface area (Å²) in [6.07, 6.45) is 3.83. The lowest BCUT2D eigenvalue weighted by molar-refractivity contribution is 0.106. The van der Waals surface area contributed by atoms with E-state index in [1.165, 1.54) is 20.0 Å². The summed E-state index contributed by atoms with van der Waals surface area (Å²) >= 11 is 0. The Morgan fingerprint density at radius 3 is 2.81 bits per heavy atom. The van der Waals surface area contributed by atoms with Crippen LogP contribution in [0.5, 0.6) is 5.75 Å². The van der Waals surface area contributed by atoms with Crippen LogP contribution in [0.1, 0.15) is 31.7 Å². The van der Waals surface area contributed by atoms with E-state index in [0.717, 1.165) is 37.5 Å². The van der Waals surface area contributed by atoms with Gasteiger partial charge in [0.25, 0.3) is 0 Å². The average molecular weight is 292 g/mol. The van der Waals surface area contributed by atoms with E-state index < -0.39 is 0 Å². The Balaban J connectivity index is 1.72. The first kappa shape index (κ1) is 14.8. The van der Waals surface area contributed by atoms with Gasteiger partial charge in [0, 0.05) is 31.7 Å². The summed E-state index contributed by atoms with van der Waals surface area (Å²) < 4.78 is 18.9. The minimum Gasteiger partial charge on any atom is -0.494 e. The molecule has 1 N–H and O–H groups in total. The van der Waals surface area contributed by atoms with Crippen molar-refractivity contribution in [3.63, 3.8) is 0 Å². The molecule has 2 unspecified atom stereocenters. The molecular formula is C17H25FN2O. The Bertz CT molecular complexity index is 490. The van der Waals surface area contributed by atoms with E-state index in [1.54, 1.807) is 12.1 Å². The van der Waals surface area contributed by atoms with Gasteiger partial charge in [0.1, 0.15) is 0 Å². The lowest BCUT2D eigenvalue weighted by Crippen LogP contribution is -2.56. The Labute approximate surface area is 126 Å². The third kappa shape index (κ3) is 3.38. The highest BCUT2D eigenvalue weighted by atomic mass is 19.1. The Morgan fingerprint density at radius 2 is 2.19 bits per heavy atom. The highest BCUT2D eigenvalue weighted by molar-refractivity contribution is 5.29. The molecule has 116 valence electrons. The highest BCUT2D eigenvalue weighted by Gasteiger charge is 2.38. The van der Waals surface area contributed by atoms with E-state index in [1.807, 2.05) is 6.07 Å². The number of ether oxygens (including phenoxy) is 1. The molecule has 1 saturated heterocycles. The van der Waals surface area contributed by atoms with Crippen LogP contribution in [0.4, 0.5) is 4.39 Å². The number of hydrogen-bond acceptors (Lipinski definition) is 3. The van der Waals surface area contributed by atoms with Crippen molar-refractivity contribution >= 4 is 0 Å². The van der Waals surface area contributed by atoms with Crippen LogP contribution in [0.3, 0.4) is 0 Å². The molecular weight excluding hydrogens is 267 g/mol. The number of hydrogen-bond donors (Lipinski definition) is 1. The maximum atomic E-state index is 13.9. The second-order valence-electron chi connectivity index (χ2n) is 6.32. The third-order valence-corrected chi connectivity index (χ3v) is 4.80. The second kappa shape index (κ2) is 6.32. The van der Waals surface area contributed by atoms with Crippen LogP contribution >= 0.6 is 0 Å². The van der Waals surface area contributed by atoms with Gasteiger partial charge in [0.2, 0.25) is 0 Å². The number of benzene rings is 1. The van der Waals surface area contributed by atoms with Crippen molar-refractivity contribution in [1.82, 2.24) is 10.2 Å². The zero-order valence-electron chi connectivity index (χ0n) is 12.9. The van der Waals surface area contributed by atoms with E-state index in [0.29, 0.717) is 17.8 Å². The first-order valence-electron chi connectivity index (χ1n) is 8.01. The molecule has 2 aliphatic rings. The summed E-state index contributed by atoms with van der Waals surface area (Å²) in [5.41, 5.74) is 1.04. The van der Waals surface area contributed by atoms with E-state index >= 15 is 0 Å². The molecule has 21 heavy (non-hydrogen) atoms. The Morgan fingerprint density at radius 1 is 1.38 bits per heavy atom. The SMILES string of the molecule is CCC1CN(Cc2ccc(OC)c(F)c2)C(C2CC2)CN1. The summed E-state index contributed by atoms with van der Waals surface area (Å²) in [4.78, 5) is 2.55. The normalized spacial score (nSPS) is 26.8. The molecule has 0 spiro atoms. The van der Waals surface area contributed by atoms with E-state index in [2.05, 4.69) is 17.1 Å². The fraction of sp³-hybridized carbons (Fsp3) is 0.647. The van der Waals surface area contributed by atoms with Gasteiger partial charge in [0.15, 0.2) is 11.6 Å². The predicted octanol–water partition coefficient (Wildman–Crippen LogP) is 2.80. The molecule has 1 saturated carbocycles. The molecule has 3 nitrogen and oxygen atoms in total. The lowest BCUT2D eigenvalue weighted by atomic mass is 10.0. The van der Waals surface area contributed by atoms with E-state index in [9.17, 15) is 4.39 Å². The lowest BCUT2D eigenvalue weighted by Gasteiger charge is -2.40. The molecule has 3 rings (SSSR count). The van der Waals surface area contributed by atoms with Crippen LogP contribution < -0.4 is 10.1 Å². The van der Waals surface area contributed by atoms with Crippen molar-refractivity contribution in [3.05, 3.63) is 29.6 Å². The van der Waals surface area contributed by atoms with Gasteiger partial charge in [-0.2, -0.15) is 0 Å². The van der Waals surface area contributed by atoms with Crippen molar-refractivity contribution in [2.75, 3.05) is 20.2 Å². The summed E-state index contributed by atoms with van der Waals surface area (Å²) in [5.74, 6) is 0.891. The quantitative estimate of drug-likeness (QED) is 0.903. The van der Waals surface area contributed by atoms with Gasteiger partial charge >= 0.3 is 0 Å². The van der Waals surface area contributed by atoms with E-state index in [-0.39, 0.29) is 5.82 Å². The third-order valence-electron chi connectivity index (χ3n) is 4.80. The average Bonchev–Trinajstić information content (AvgIpc) is 3.32. The smallest absolute Gasteiger partial charge is 0.165 e. The monoisotopic (exact) mass is 292 g/mol. The fourth-order valence-electron chi connectivity index (χ4n) is 3.34. The Kier molecular flexibility index (Phi) is 4.45. The number of piperazine rings is 1. The zero-order chi connectivity index (χ0) is 14.8. The molecule has 2 fully saturated rings. The summed E-state index contributed by atoms with van der Waals surface area (Å²) in [6, 6.07) is 6.50. The summed E-state index contributed by atoms with van der Waals surface area (Å²) in [5, 5.41) is 3.65. The van der Waals surface area contributed by atoms with Gasteiger partial charge in [-0.1, -0.05) is 13.0 Å². The molecule has 1 aromatic rings. The molecule has 4 heteroatoms. The fourth-order valence-corrected chi connectivity index (χ4v) is 3.34. The van der Waals surface area contributed by atoms with Crippen LogP contribution in [-0.2, 0) is 6.54 Å². The minimum absolute atomic E-state index is 0.264. The Hall–Kier alpha value is -1.13. The number of rotatable bonds is 5. The molecule has 0 aromatic heterocycles. The van der Waals surface area contributed by atoms with Crippen LogP contribution in [0, 0.1) is 11.7 Å². The largest absolute Gasteiger partial charge is 0.494 e. The summed E-state index contributed by atoms with van der Waals surface area (Å²) in [7, 11) is 1.50. The first-order chi connectivity index (χ1) is 10.2. The number of nitrogens with one attached hydrogen (secondary N) is 1. The molecule has 1 aliphatic carbocycles. The van der Waals surface area contributed by atoms with Crippen molar-refractivity contribution in [2.45, 2.75) is 44.8 Å². The maximum Gasteiger partial charge on any atom is 0.165 e. The van der Waals surface area contributed by atoms with E-state index in [4.69, 9.17) is 4.74 Å². The van der Waals surface area contributed by atoms with Crippen molar-refractivity contribution in [3.8, 4) is 5.75 Å². The summed E-state index contributed by atoms with van der Waals surface area (Å²) in [6.45, 7) is 5.19. The predicted molar refractivity (Wildman–Crippen MR) is 82.0 cm³/mol. The van der Waals surface area contributed by atoms with Gasteiger partial charge in [-0.25, -0.2) is 4.39 Å². The van der Waals surface area contributed by atoms with Crippen LogP contribution in [0.15, 0.2) is 18.2 Å². The number of nitrogens with zero attached hydrogens (tertiary/aromatic N) is 1. The molecule has 0 amide bonds.